The molecule has 27 heavy (non-hydrogen) atoms. The fourth-order valence-corrected chi connectivity index (χ4v) is 4.96. The van der Waals surface area contributed by atoms with Crippen LogP contribution in [-0.2, 0) is 0 Å². The number of alkyl halides is 3. The number of hydrogen-bond acceptors (Lipinski definition) is 2. The third-order valence-electron chi connectivity index (χ3n) is 5.98. The molecule has 2 bridgehead atoms. The van der Waals surface area contributed by atoms with Crippen LogP contribution in [0.5, 0.6) is 5.75 Å². The summed E-state index contributed by atoms with van der Waals surface area (Å²) >= 11 is 6.24. The minimum atomic E-state index is -4.09. The average Bonchev–Trinajstić information content (AvgIpc) is 2.97. The monoisotopic (exact) mass is 392 g/mol. The molecule has 0 unspecified atom stereocenters. The number of ether oxygens (including phenoxy) is 1. The molecule has 2 aromatic heterocycles. The molecule has 3 aliphatic rings. The van der Waals surface area contributed by atoms with Crippen LogP contribution in [0.4, 0.5) is 13.2 Å². The second kappa shape index (κ2) is 5.41. The maximum absolute atomic E-state index is 13.0. The molecule has 0 amide bonds. The molecule has 2 heterocycles. The predicted octanol–water partition coefficient (Wildman–Crippen LogP) is 5.99. The van der Waals surface area contributed by atoms with Crippen molar-refractivity contribution in [1.82, 2.24) is 9.97 Å². The zero-order valence-corrected chi connectivity index (χ0v) is 15.0. The fourth-order valence-electron chi connectivity index (χ4n) is 4.70. The van der Waals surface area contributed by atoms with Gasteiger partial charge < -0.3 is 9.72 Å². The number of halogens is 4. The van der Waals surface area contributed by atoms with Gasteiger partial charge in [0.2, 0.25) is 0 Å². The molecule has 3 aliphatic carbocycles. The van der Waals surface area contributed by atoms with Crippen LogP contribution in [0.2, 0.25) is 5.15 Å². The molecule has 0 atom stereocenters. The van der Waals surface area contributed by atoms with Crippen LogP contribution in [0.3, 0.4) is 0 Å². The van der Waals surface area contributed by atoms with Gasteiger partial charge in [-0.3, -0.25) is 0 Å². The number of benzene rings is 1. The van der Waals surface area contributed by atoms with Gasteiger partial charge >= 0.3 is 6.18 Å². The molecular formula is C20H16ClF3N2O. The lowest BCUT2D eigenvalue weighted by Crippen LogP contribution is -2.69. The summed E-state index contributed by atoms with van der Waals surface area (Å²) in [7, 11) is 0. The Labute approximate surface area is 158 Å². The molecule has 3 nitrogen and oxygen atoms in total. The van der Waals surface area contributed by atoms with E-state index in [9.17, 15) is 13.2 Å². The lowest BCUT2D eigenvalue weighted by Gasteiger charge is -2.70. The minimum absolute atomic E-state index is 0.187. The SMILES string of the molecule is FC(F)(F)C12CC(COc3cccc(-c4c[nH]c5ccnc(Cl)c45)c3)(C1)C2. The van der Waals surface area contributed by atoms with E-state index in [2.05, 4.69) is 9.97 Å². The van der Waals surface area contributed by atoms with Crippen molar-refractivity contribution in [2.45, 2.75) is 25.4 Å². The molecule has 3 saturated carbocycles. The molecule has 0 radical (unpaired) electrons. The van der Waals surface area contributed by atoms with Crippen LogP contribution >= 0.6 is 11.6 Å². The molecule has 0 aliphatic heterocycles. The zero-order chi connectivity index (χ0) is 18.9. The Kier molecular flexibility index (Phi) is 3.39. The van der Waals surface area contributed by atoms with Gasteiger partial charge in [-0.05, 0) is 43.0 Å². The van der Waals surface area contributed by atoms with Crippen LogP contribution in [0.1, 0.15) is 19.3 Å². The van der Waals surface area contributed by atoms with Gasteiger partial charge in [0.1, 0.15) is 10.9 Å². The number of rotatable bonds is 4. The van der Waals surface area contributed by atoms with Crippen molar-refractivity contribution in [1.29, 1.82) is 0 Å². The number of nitrogens with zero attached hydrogens (tertiary/aromatic N) is 1. The third kappa shape index (κ3) is 2.46. The fraction of sp³-hybridized carbons (Fsp3) is 0.350. The smallest absolute Gasteiger partial charge is 0.394 e. The van der Waals surface area contributed by atoms with E-state index in [-0.39, 0.29) is 24.7 Å². The van der Waals surface area contributed by atoms with Gasteiger partial charge in [-0.1, -0.05) is 23.7 Å². The number of hydrogen-bond donors (Lipinski definition) is 1. The molecule has 1 N–H and O–H groups in total. The number of aromatic amines is 1. The molecule has 140 valence electrons. The van der Waals surface area contributed by atoms with Crippen LogP contribution in [0, 0.1) is 10.8 Å². The largest absolute Gasteiger partial charge is 0.493 e. The zero-order valence-electron chi connectivity index (χ0n) is 14.2. The average molecular weight is 393 g/mol. The van der Waals surface area contributed by atoms with Gasteiger partial charge in [-0.2, -0.15) is 13.2 Å². The number of nitrogens with one attached hydrogen (secondary N) is 1. The Morgan fingerprint density at radius 2 is 1.96 bits per heavy atom. The first-order valence-corrected chi connectivity index (χ1v) is 9.10. The van der Waals surface area contributed by atoms with E-state index in [1.165, 1.54) is 0 Å². The van der Waals surface area contributed by atoms with Gasteiger partial charge in [0.25, 0.3) is 0 Å². The maximum Gasteiger partial charge on any atom is 0.394 e. The molecular weight excluding hydrogens is 377 g/mol. The summed E-state index contributed by atoms with van der Waals surface area (Å²) < 4.78 is 44.8. The Hall–Kier alpha value is -2.21. The van der Waals surface area contributed by atoms with Crippen molar-refractivity contribution < 1.29 is 17.9 Å². The summed E-state index contributed by atoms with van der Waals surface area (Å²) in [6, 6.07) is 9.37. The van der Waals surface area contributed by atoms with E-state index in [0.29, 0.717) is 17.5 Å². The number of aromatic nitrogens is 2. The maximum atomic E-state index is 13.0. The molecule has 0 saturated heterocycles. The van der Waals surface area contributed by atoms with E-state index in [1.54, 1.807) is 6.20 Å². The van der Waals surface area contributed by atoms with Crippen LogP contribution in [0.15, 0.2) is 42.7 Å². The molecule has 3 aromatic rings. The van der Waals surface area contributed by atoms with Gasteiger partial charge in [-0.15, -0.1) is 0 Å². The highest BCUT2D eigenvalue weighted by molar-refractivity contribution is 6.35. The lowest BCUT2D eigenvalue weighted by atomic mass is 9.35. The summed E-state index contributed by atoms with van der Waals surface area (Å²) in [5.74, 6) is 0.646. The third-order valence-corrected chi connectivity index (χ3v) is 6.26. The van der Waals surface area contributed by atoms with Gasteiger partial charge in [0.05, 0.1) is 17.5 Å². The molecule has 1 aromatic carbocycles. The quantitative estimate of drug-likeness (QED) is 0.553. The Morgan fingerprint density at radius 1 is 1.19 bits per heavy atom. The Balaban J connectivity index is 1.34. The summed E-state index contributed by atoms with van der Waals surface area (Å²) in [4.78, 5) is 7.30. The first-order valence-electron chi connectivity index (χ1n) is 8.73. The van der Waals surface area contributed by atoms with Crippen molar-refractivity contribution in [3.63, 3.8) is 0 Å². The van der Waals surface area contributed by atoms with E-state index >= 15 is 0 Å². The summed E-state index contributed by atoms with van der Waals surface area (Å²) in [5, 5.41) is 1.25. The number of H-pyrrole nitrogens is 1. The topological polar surface area (TPSA) is 37.9 Å². The molecule has 6 rings (SSSR count). The lowest BCUT2D eigenvalue weighted by molar-refractivity contribution is -0.367. The Morgan fingerprint density at radius 3 is 2.70 bits per heavy atom. The highest BCUT2D eigenvalue weighted by Crippen LogP contribution is 2.78. The van der Waals surface area contributed by atoms with Gasteiger partial charge in [0.15, 0.2) is 0 Å². The van der Waals surface area contributed by atoms with Crippen LogP contribution < -0.4 is 4.74 Å². The number of fused-ring (bicyclic) bond motifs is 1. The van der Waals surface area contributed by atoms with Gasteiger partial charge in [0, 0.05) is 28.8 Å². The molecule has 3 fully saturated rings. The van der Waals surface area contributed by atoms with Gasteiger partial charge in [-0.25, -0.2) is 4.98 Å². The Bertz CT molecular complexity index is 1020. The van der Waals surface area contributed by atoms with Crippen molar-refractivity contribution >= 4 is 22.5 Å². The van der Waals surface area contributed by atoms with Crippen LogP contribution in [0.25, 0.3) is 22.0 Å². The summed E-state index contributed by atoms with van der Waals surface area (Å²) in [5.41, 5.74) is 0.974. The second-order valence-corrected chi connectivity index (χ2v) is 8.21. The summed E-state index contributed by atoms with van der Waals surface area (Å²) in [6.45, 7) is 0.324. The minimum Gasteiger partial charge on any atom is -0.493 e. The highest BCUT2D eigenvalue weighted by atomic mass is 35.5. The first-order chi connectivity index (χ1) is 12.8. The predicted molar refractivity (Wildman–Crippen MR) is 96.8 cm³/mol. The van der Waals surface area contributed by atoms with Crippen molar-refractivity contribution in [3.05, 3.63) is 47.9 Å². The van der Waals surface area contributed by atoms with Crippen molar-refractivity contribution in [3.8, 4) is 16.9 Å². The number of pyridine rings is 1. The van der Waals surface area contributed by atoms with E-state index in [0.717, 1.165) is 22.0 Å². The summed E-state index contributed by atoms with van der Waals surface area (Å²) in [6.07, 6.45) is -0.0162. The highest BCUT2D eigenvalue weighted by Gasteiger charge is 2.78. The van der Waals surface area contributed by atoms with Crippen LogP contribution in [-0.4, -0.2) is 22.8 Å². The van der Waals surface area contributed by atoms with E-state index in [4.69, 9.17) is 16.3 Å². The molecule has 7 heteroatoms. The molecule has 0 spiro atoms. The standard InChI is InChI=1S/C20H16ClF3N2O/c21-17-16-14(7-26-15(16)4-5-25-17)12-2-1-3-13(6-12)27-11-18-8-19(9-18,10-18)20(22,23)24/h1-7,26H,8-11H2. The normalized spacial score (nSPS) is 26.5. The first kappa shape index (κ1) is 16.9. The second-order valence-electron chi connectivity index (χ2n) is 7.85. The van der Waals surface area contributed by atoms with Crippen molar-refractivity contribution in [2.24, 2.45) is 10.8 Å². The van der Waals surface area contributed by atoms with E-state index in [1.807, 2.05) is 36.5 Å². The van der Waals surface area contributed by atoms with E-state index < -0.39 is 11.6 Å². The van der Waals surface area contributed by atoms with Crippen molar-refractivity contribution in [2.75, 3.05) is 6.61 Å².